The van der Waals surface area contributed by atoms with E-state index >= 15 is 4.39 Å². The molecule has 2 aromatic heterocycles. The molecule has 1 saturated heterocycles. The van der Waals surface area contributed by atoms with Crippen molar-refractivity contribution in [2.45, 2.75) is 77.3 Å². The summed E-state index contributed by atoms with van der Waals surface area (Å²) >= 11 is 7.05. The molecular weight excluding hydrogens is 620 g/mol. The van der Waals surface area contributed by atoms with Gasteiger partial charge in [0, 0.05) is 11.2 Å². The first-order valence-electron chi connectivity index (χ1n) is 12.9. The third-order valence-electron chi connectivity index (χ3n) is 5.75. The number of imidazole rings is 1. The van der Waals surface area contributed by atoms with Crippen LogP contribution in [0.3, 0.4) is 0 Å². The van der Waals surface area contributed by atoms with Gasteiger partial charge >= 0.3 is 13.7 Å². The molecule has 2 aromatic rings. The van der Waals surface area contributed by atoms with E-state index in [1.807, 2.05) is 0 Å². The minimum atomic E-state index is -4.33. The predicted octanol–water partition coefficient (Wildman–Crippen LogP) is 2.53. The van der Waals surface area contributed by atoms with Crippen molar-refractivity contribution in [1.29, 1.82) is 0 Å². The number of halogens is 2. The molecule has 0 saturated carbocycles. The van der Waals surface area contributed by atoms with Crippen LogP contribution in [0.4, 0.5) is 16.2 Å². The molecule has 0 spiro atoms. The molecule has 0 radical (unpaired) electrons. The highest BCUT2D eigenvalue weighted by Gasteiger charge is 2.58. The van der Waals surface area contributed by atoms with Gasteiger partial charge in [-0.15, -0.1) is 0 Å². The van der Waals surface area contributed by atoms with Crippen molar-refractivity contribution in [2.75, 3.05) is 30.4 Å². The number of hydrogen-bond donors (Lipinski definition) is 4. The van der Waals surface area contributed by atoms with Crippen molar-refractivity contribution in [3.8, 4) is 0 Å². The van der Waals surface area contributed by atoms with Crippen LogP contribution in [0.2, 0.25) is 0 Å². The summed E-state index contributed by atoms with van der Waals surface area (Å²) in [5.74, 6) is -0.887. The van der Waals surface area contributed by atoms with Gasteiger partial charge in [-0.25, -0.2) is 19.0 Å². The lowest BCUT2D eigenvalue weighted by atomic mass is 10.00. The zero-order chi connectivity index (χ0) is 31.6. The number of carbonyl (C=O) groups is 2. The summed E-state index contributed by atoms with van der Waals surface area (Å²) in [5.41, 5.74) is 11.0. The first kappa shape index (κ1) is 34.4. The van der Waals surface area contributed by atoms with Crippen LogP contribution in [0.25, 0.3) is 11.2 Å². The zero-order valence-corrected chi connectivity index (χ0v) is 26.4. The van der Waals surface area contributed by atoms with Crippen molar-refractivity contribution in [3.63, 3.8) is 0 Å². The average molecular weight is 656 g/mol. The smallest absolute Gasteiger partial charge is 0.406 e. The number of anilines is 2. The Balaban J connectivity index is 1.76. The lowest BCUT2D eigenvalue weighted by Crippen LogP contribution is -2.39. The molecule has 15 nitrogen and oxygen atoms in total. The summed E-state index contributed by atoms with van der Waals surface area (Å²) in [6.07, 6.45) is -4.46. The van der Waals surface area contributed by atoms with Gasteiger partial charge in [-0.05, 0) is 20.8 Å². The molecule has 42 heavy (non-hydrogen) atoms. The molecule has 1 aliphatic rings. The van der Waals surface area contributed by atoms with Crippen molar-refractivity contribution in [3.05, 3.63) is 6.33 Å². The Morgan fingerprint density at radius 2 is 1.98 bits per heavy atom. The Labute approximate surface area is 251 Å². The number of alkyl halides is 2. The molecule has 236 valence electrons. The number of aliphatic hydroxyl groups is 1. The quantitative estimate of drug-likeness (QED) is 0.112. The second-order valence-electron chi connectivity index (χ2n) is 10.8. The van der Waals surface area contributed by atoms with Gasteiger partial charge in [-0.2, -0.15) is 9.97 Å². The molecule has 0 amide bonds. The Morgan fingerprint density at radius 1 is 1.31 bits per heavy atom. The maximum Gasteiger partial charge on any atom is 0.406 e. The number of aromatic nitrogens is 4. The summed E-state index contributed by atoms with van der Waals surface area (Å²) in [6, 6.07) is -1.15. The molecule has 6 atom stereocenters. The number of ether oxygens (including phenoxy) is 2. The summed E-state index contributed by atoms with van der Waals surface area (Å²) in [4.78, 5) is 36.4. The molecular formula is C23H36ClFN7O8PS. The van der Waals surface area contributed by atoms with Crippen LogP contribution in [0, 0.1) is 5.41 Å². The minimum Gasteiger partial charge on any atom is -0.462 e. The van der Waals surface area contributed by atoms with Crippen LogP contribution in [-0.4, -0.2) is 84.2 Å². The predicted molar refractivity (Wildman–Crippen MR) is 154 cm³/mol. The maximum atomic E-state index is 15.7. The first-order chi connectivity index (χ1) is 19.4. The number of thioether (sulfide) groups is 1. The molecule has 1 aliphatic heterocycles. The van der Waals surface area contributed by atoms with Crippen LogP contribution in [0.1, 0.15) is 47.8 Å². The van der Waals surface area contributed by atoms with E-state index in [1.165, 1.54) is 6.92 Å². The van der Waals surface area contributed by atoms with Crippen LogP contribution >= 0.6 is 31.1 Å². The highest BCUT2D eigenvalue weighted by molar-refractivity contribution is 8.13. The van der Waals surface area contributed by atoms with E-state index in [2.05, 4.69) is 20.0 Å². The topological polar surface area (TPSA) is 216 Å². The van der Waals surface area contributed by atoms with Crippen molar-refractivity contribution >= 4 is 65.1 Å². The number of nitrogens with zero attached hydrogens (tertiary/aromatic N) is 4. The molecule has 19 heteroatoms. The lowest BCUT2D eigenvalue weighted by Gasteiger charge is -2.25. The highest BCUT2D eigenvalue weighted by atomic mass is 35.5. The zero-order valence-electron chi connectivity index (χ0n) is 23.9. The fourth-order valence-corrected chi connectivity index (χ4v) is 6.33. The number of carbonyl (C=O) groups excluding carboxylic acids is 2. The molecule has 1 fully saturated rings. The number of nitrogens with two attached hydrogens (primary N) is 2. The van der Waals surface area contributed by atoms with Gasteiger partial charge in [0.1, 0.15) is 23.8 Å². The van der Waals surface area contributed by atoms with Crippen LogP contribution < -0.4 is 16.6 Å². The van der Waals surface area contributed by atoms with Gasteiger partial charge < -0.3 is 26.0 Å². The van der Waals surface area contributed by atoms with Gasteiger partial charge in [0.15, 0.2) is 22.8 Å². The first-order valence-corrected chi connectivity index (χ1v) is 15.8. The van der Waals surface area contributed by atoms with Crippen molar-refractivity contribution in [1.82, 2.24) is 24.6 Å². The standard InChI is InChI=1S/C23H36ClFN7O8PS/c1-11(2)39-18(34)12(3)31-41(36,37-7-8-42-20(35)22(4,5)6)38-9-13-15(33)23(24,25)19(40-13)32-10-28-14-16(26)29-21(27)30-17(14)32/h10-13,15,19,33H,7-9H2,1-6H3,(H,31,36)(H4,26,27,29,30)/t12-,13+,15+,19+,23+,41+/m0/s1. The Bertz CT molecular complexity index is 1340. The second kappa shape index (κ2) is 13.3. The fraction of sp³-hybridized carbons (Fsp3) is 0.696. The molecule has 3 rings (SSSR count). The van der Waals surface area contributed by atoms with Gasteiger partial charge in [0.25, 0.3) is 5.13 Å². The molecule has 0 bridgehead atoms. The van der Waals surface area contributed by atoms with Crippen LogP contribution in [0.5, 0.6) is 0 Å². The largest absolute Gasteiger partial charge is 0.462 e. The average Bonchev–Trinajstić information content (AvgIpc) is 3.37. The summed E-state index contributed by atoms with van der Waals surface area (Å²) in [5, 5.41) is 10.1. The Kier molecular flexibility index (Phi) is 10.9. The summed E-state index contributed by atoms with van der Waals surface area (Å²) < 4.78 is 52.2. The number of fused-ring (bicyclic) bond motifs is 1. The molecule has 0 aliphatic carbocycles. The third-order valence-corrected chi connectivity index (χ3v) is 9.12. The van der Waals surface area contributed by atoms with E-state index in [0.717, 1.165) is 22.7 Å². The van der Waals surface area contributed by atoms with Crippen molar-refractivity contribution < 1.29 is 42.2 Å². The number of nitrogens with one attached hydrogen (secondary N) is 1. The number of aliphatic hydroxyl groups excluding tert-OH is 1. The number of esters is 1. The maximum absolute atomic E-state index is 15.7. The third kappa shape index (κ3) is 8.08. The number of rotatable bonds is 12. The SMILES string of the molecule is CC(C)OC(=O)[C@H](C)N[P@@](=O)(OCCSC(=O)C(C)(C)C)OC[C@H]1O[C@@H](n2cnc3c(N)nc(N)nc32)[C@@](F)(Cl)[C@@H]1O. The summed E-state index contributed by atoms with van der Waals surface area (Å²) in [7, 11) is -4.33. The molecule has 0 aromatic carbocycles. The molecule has 6 N–H and O–H groups in total. The van der Waals surface area contributed by atoms with Crippen LogP contribution in [-0.2, 0) is 32.7 Å². The molecule has 0 unspecified atom stereocenters. The van der Waals surface area contributed by atoms with Gasteiger partial charge in [-0.1, -0.05) is 44.1 Å². The number of nitrogen functional groups attached to an aromatic ring is 2. The van der Waals surface area contributed by atoms with E-state index in [-0.39, 0.29) is 40.4 Å². The Morgan fingerprint density at radius 3 is 2.60 bits per heavy atom. The van der Waals surface area contributed by atoms with E-state index in [9.17, 15) is 19.3 Å². The number of hydrogen-bond acceptors (Lipinski definition) is 14. The van der Waals surface area contributed by atoms with E-state index in [4.69, 9.17) is 41.6 Å². The Hall–Kier alpha value is -2.11. The van der Waals surface area contributed by atoms with Gasteiger partial charge in [0.2, 0.25) is 5.95 Å². The fourth-order valence-electron chi connectivity index (χ4n) is 3.65. The van der Waals surface area contributed by atoms with E-state index in [0.29, 0.717) is 0 Å². The summed E-state index contributed by atoms with van der Waals surface area (Å²) in [6.45, 7) is 9.03. The van der Waals surface area contributed by atoms with E-state index < -0.39 is 61.4 Å². The van der Waals surface area contributed by atoms with E-state index in [1.54, 1.807) is 34.6 Å². The second-order valence-corrected chi connectivity index (χ2v) is 14.2. The van der Waals surface area contributed by atoms with Gasteiger partial charge in [-0.3, -0.25) is 23.2 Å². The van der Waals surface area contributed by atoms with Crippen LogP contribution in [0.15, 0.2) is 6.33 Å². The normalized spacial score (nSPS) is 25.0. The van der Waals surface area contributed by atoms with Crippen molar-refractivity contribution in [2.24, 2.45) is 5.41 Å². The minimum absolute atomic E-state index is 0.00286. The van der Waals surface area contributed by atoms with Gasteiger partial charge in [0.05, 0.1) is 25.6 Å². The lowest BCUT2D eigenvalue weighted by molar-refractivity contribution is -0.149. The molecule has 3 heterocycles. The monoisotopic (exact) mass is 655 g/mol. The highest BCUT2D eigenvalue weighted by Crippen LogP contribution is 2.49.